The lowest BCUT2D eigenvalue weighted by molar-refractivity contribution is 0.0788. The van der Waals surface area contributed by atoms with Crippen LogP contribution in [0.25, 0.3) is 11.3 Å². The van der Waals surface area contributed by atoms with E-state index in [2.05, 4.69) is 15.5 Å². The van der Waals surface area contributed by atoms with E-state index in [4.69, 9.17) is 11.6 Å². The average molecular weight is 319 g/mol. The number of likely N-dealkylation sites (tertiary alicyclic amines) is 1. The molecule has 2 N–H and O–H groups in total. The number of benzene rings is 1. The highest BCUT2D eigenvalue weighted by Crippen LogP contribution is 2.26. The number of aromatic amines is 1. The molecule has 1 aromatic carbocycles. The van der Waals surface area contributed by atoms with E-state index in [9.17, 15) is 4.79 Å². The van der Waals surface area contributed by atoms with Crippen molar-refractivity contribution in [1.29, 1.82) is 0 Å². The highest BCUT2D eigenvalue weighted by molar-refractivity contribution is 6.30. The summed E-state index contributed by atoms with van der Waals surface area (Å²) in [5, 5.41) is 10.8. The van der Waals surface area contributed by atoms with Gasteiger partial charge >= 0.3 is 0 Å². The molecule has 116 valence electrons. The monoisotopic (exact) mass is 318 g/mol. The van der Waals surface area contributed by atoms with Crippen molar-refractivity contribution < 1.29 is 4.79 Å². The van der Waals surface area contributed by atoms with Gasteiger partial charge in [0.1, 0.15) is 0 Å². The molecule has 1 fully saturated rings. The molecule has 1 amide bonds. The predicted molar refractivity (Wildman–Crippen MR) is 87.0 cm³/mol. The van der Waals surface area contributed by atoms with Crippen LogP contribution in [-0.2, 0) is 0 Å². The second-order valence-corrected chi connectivity index (χ2v) is 6.07. The molecule has 1 aromatic heterocycles. The number of carbonyl (C=O) groups is 1. The zero-order valence-corrected chi connectivity index (χ0v) is 13.2. The maximum absolute atomic E-state index is 12.7. The third-order valence-corrected chi connectivity index (χ3v) is 4.28. The standard InChI is InChI=1S/C16H19ClN4O/c1-18-8-11-5-6-21(10-11)16(22)14-9-19-20-15(14)12-3-2-4-13(17)7-12/h2-4,7,9,11,18H,5-6,8,10H2,1H3,(H,19,20)/t11-/m1/s1. The van der Waals surface area contributed by atoms with Gasteiger partial charge in [-0.25, -0.2) is 0 Å². The lowest BCUT2D eigenvalue weighted by Crippen LogP contribution is -2.30. The second kappa shape index (κ2) is 6.50. The maximum atomic E-state index is 12.7. The van der Waals surface area contributed by atoms with Crippen LogP contribution in [0.3, 0.4) is 0 Å². The van der Waals surface area contributed by atoms with Gasteiger partial charge in [0.25, 0.3) is 5.91 Å². The number of amides is 1. The summed E-state index contributed by atoms with van der Waals surface area (Å²) in [5.74, 6) is 0.554. The van der Waals surface area contributed by atoms with Crippen LogP contribution in [0.15, 0.2) is 30.5 Å². The number of hydrogen-bond donors (Lipinski definition) is 2. The Bertz CT molecular complexity index is 670. The largest absolute Gasteiger partial charge is 0.338 e. The summed E-state index contributed by atoms with van der Waals surface area (Å²) in [6.07, 6.45) is 2.64. The average Bonchev–Trinajstić information content (AvgIpc) is 3.16. The lowest BCUT2D eigenvalue weighted by Gasteiger charge is -2.16. The van der Waals surface area contributed by atoms with Crippen LogP contribution in [0.2, 0.25) is 5.02 Å². The van der Waals surface area contributed by atoms with Gasteiger partial charge in [0, 0.05) is 23.7 Å². The number of nitrogens with one attached hydrogen (secondary N) is 2. The molecule has 1 saturated heterocycles. The van der Waals surface area contributed by atoms with Crippen LogP contribution in [-0.4, -0.2) is 47.7 Å². The molecule has 0 spiro atoms. The Morgan fingerprint density at radius 2 is 2.41 bits per heavy atom. The molecule has 1 aliphatic heterocycles. The Morgan fingerprint density at radius 3 is 3.18 bits per heavy atom. The molecule has 0 radical (unpaired) electrons. The predicted octanol–water partition coefficient (Wildman–Crippen LogP) is 2.41. The van der Waals surface area contributed by atoms with Crippen molar-refractivity contribution >= 4 is 17.5 Å². The van der Waals surface area contributed by atoms with E-state index in [0.717, 1.165) is 37.3 Å². The summed E-state index contributed by atoms with van der Waals surface area (Å²) in [5.41, 5.74) is 2.20. The molecule has 2 aromatic rings. The third-order valence-electron chi connectivity index (χ3n) is 4.05. The lowest BCUT2D eigenvalue weighted by atomic mass is 10.1. The molecule has 0 saturated carbocycles. The van der Waals surface area contributed by atoms with Crippen LogP contribution < -0.4 is 5.32 Å². The number of H-pyrrole nitrogens is 1. The first-order valence-electron chi connectivity index (χ1n) is 7.42. The normalized spacial score (nSPS) is 17.9. The number of hydrogen-bond acceptors (Lipinski definition) is 3. The number of rotatable bonds is 4. The van der Waals surface area contributed by atoms with Gasteiger partial charge in [-0.05, 0) is 38.1 Å². The summed E-state index contributed by atoms with van der Waals surface area (Å²) in [7, 11) is 1.94. The Labute approximate surface area is 134 Å². The van der Waals surface area contributed by atoms with Crippen LogP contribution in [0.4, 0.5) is 0 Å². The fraction of sp³-hybridized carbons (Fsp3) is 0.375. The Morgan fingerprint density at radius 1 is 1.55 bits per heavy atom. The van der Waals surface area contributed by atoms with Crippen molar-refractivity contribution in [2.45, 2.75) is 6.42 Å². The van der Waals surface area contributed by atoms with Gasteiger partial charge < -0.3 is 10.2 Å². The van der Waals surface area contributed by atoms with Gasteiger partial charge in [-0.2, -0.15) is 5.10 Å². The van der Waals surface area contributed by atoms with E-state index >= 15 is 0 Å². The minimum Gasteiger partial charge on any atom is -0.338 e. The Hall–Kier alpha value is -1.85. The van der Waals surface area contributed by atoms with E-state index < -0.39 is 0 Å². The number of nitrogens with zero attached hydrogens (tertiary/aromatic N) is 2. The summed E-state index contributed by atoms with van der Waals surface area (Å²) in [4.78, 5) is 14.7. The summed E-state index contributed by atoms with van der Waals surface area (Å²) in [6.45, 7) is 2.53. The molecule has 6 heteroatoms. The van der Waals surface area contributed by atoms with Crippen molar-refractivity contribution in [3.8, 4) is 11.3 Å². The molecule has 0 bridgehead atoms. The topological polar surface area (TPSA) is 61.0 Å². The number of halogens is 1. The first kappa shape index (κ1) is 15.1. The van der Waals surface area contributed by atoms with Gasteiger partial charge in [-0.15, -0.1) is 0 Å². The summed E-state index contributed by atoms with van der Waals surface area (Å²) < 4.78 is 0. The van der Waals surface area contributed by atoms with Crippen LogP contribution in [0, 0.1) is 5.92 Å². The maximum Gasteiger partial charge on any atom is 0.257 e. The van der Waals surface area contributed by atoms with Crippen molar-refractivity contribution in [3.63, 3.8) is 0 Å². The van der Waals surface area contributed by atoms with Crippen molar-refractivity contribution in [3.05, 3.63) is 41.0 Å². The van der Waals surface area contributed by atoms with E-state index in [1.807, 2.05) is 36.2 Å². The minimum atomic E-state index is 0.0299. The molecule has 1 atom stereocenters. The minimum absolute atomic E-state index is 0.0299. The fourth-order valence-corrected chi connectivity index (χ4v) is 3.15. The molecule has 1 aliphatic rings. The molecular formula is C16H19ClN4O. The molecule has 3 rings (SSSR count). The highest BCUT2D eigenvalue weighted by Gasteiger charge is 2.28. The molecule has 22 heavy (non-hydrogen) atoms. The van der Waals surface area contributed by atoms with Crippen LogP contribution in [0.1, 0.15) is 16.8 Å². The molecule has 0 aliphatic carbocycles. The molecule has 0 unspecified atom stereocenters. The zero-order valence-electron chi connectivity index (χ0n) is 12.5. The molecule has 5 nitrogen and oxygen atoms in total. The van der Waals surface area contributed by atoms with Crippen molar-refractivity contribution in [1.82, 2.24) is 20.4 Å². The third kappa shape index (κ3) is 3.00. The van der Waals surface area contributed by atoms with E-state index in [1.165, 1.54) is 0 Å². The van der Waals surface area contributed by atoms with Crippen molar-refractivity contribution in [2.24, 2.45) is 5.92 Å². The Kier molecular flexibility index (Phi) is 4.45. The molecule has 2 heterocycles. The summed E-state index contributed by atoms with van der Waals surface area (Å²) >= 11 is 6.04. The number of carbonyl (C=O) groups excluding carboxylic acids is 1. The second-order valence-electron chi connectivity index (χ2n) is 5.63. The van der Waals surface area contributed by atoms with Crippen LogP contribution in [0.5, 0.6) is 0 Å². The van der Waals surface area contributed by atoms with E-state index in [1.54, 1.807) is 6.20 Å². The summed E-state index contributed by atoms with van der Waals surface area (Å²) in [6, 6.07) is 7.43. The quantitative estimate of drug-likeness (QED) is 0.910. The SMILES string of the molecule is CNC[C@H]1CCN(C(=O)c2cn[nH]c2-c2cccc(Cl)c2)C1. The van der Waals surface area contributed by atoms with Crippen molar-refractivity contribution in [2.75, 3.05) is 26.7 Å². The van der Waals surface area contributed by atoms with Crippen LogP contribution >= 0.6 is 11.6 Å². The van der Waals surface area contributed by atoms with E-state index in [-0.39, 0.29) is 5.91 Å². The Balaban J connectivity index is 1.82. The first-order valence-corrected chi connectivity index (χ1v) is 7.80. The van der Waals surface area contributed by atoms with Gasteiger partial charge in [-0.3, -0.25) is 9.89 Å². The highest BCUT2D eigenvalue weighted by atomic mass is 35.5. The van der Waals surface area contributed by atoms with Gasteiger partial charge in [0.05, 0.1) is 17.5 Å². The van der Waals surface area contributed by atoms with Gasteiger partial charge in [-0.1, -0.05) is 23.7 Å². The zero-order chi connectivity index (χ0) is 15.5. The fourth-order valence-electron chi connectivity index (χ4n) is 2.96. The smallest absolute Gasteiger partial charge is 0.257 e. The van der Waals surface area contributed by atoms with Gasteiger partial charge in [0.2, 0.25) is 0 Å². The van der Waals surface area contributed by atoms with Gasteiger partial charge in [0.15, 0.2) is 0 Å². The molecular weight excluding hydrogens is 300 g/mol. The van der Waals surface area contributed by atoms with E-state index in [0.29, 0.717) is 16.5 Å². The first-order chi connectivity index (χ1) is 10.7. The number of aromatic nitrogens is 2.